The van der Waals surface area contributed by atoms with E-state index in [9.17, 15) is 9.59 Å². The molecule has 0 aromatic carbocycles. The van der Waals surface area contributed by atoms with E-state index in [2.05, 4.69) is 0 Å². The first-order valence-corrected chi connectivity index (χ1v) is 4.39. The smallest absolute Gasteiger partial charge is 0.305 e. The molecule has 0 aromatic heterocycles. The lowest BCUT2D eigenvalue weighted by Gasteiger charge is -2.16. The van der Waals surface area contributed by atoms with Gasteiger partial charge in [-0.3, -0.25) is 9.59 Å². The Morgan fingerprint density at radius 1 is 1.38 bits per heavy atom. The Morgan fingerprint density at radius 3 is 2.31 bits per heavy atom. The van der Waals surface area contributed by atoms with Crippen LogP contribution in [0.1, 0.15) is 26.7 Å². The zero-order chi connectivity index (χ0) is 10.4. The average Bonchev–Trinajstić information content (AvgIpc) is 1.98. The summed E-state index contributed by atoms with van der Waals surface area (Å²) in [4.78, 5) is 23.0. The van der Waals surface area contributed by atoms with E-state index in [-0.39, 0.29) is 12.3 Å². The summed E-state index contributed by atoms with van der Waals surface area (Å²) in [5.74, 6) is -0.541. The fourth-order valence-corrected chi connectivity index (χ4v) is 0.893. The number of aliphatic carboxylic acids is 1. The number of hydrogen-bond donors (Lipinski definition) is 1. The third kappa shape index (κ3) is 6.13. The summed E-state index contributed by atoms with van der Waals surface area (Å²) >= 11 is 0. The molecule has 0 atom stereocenters. The molecule has 76 valence electrons. The van der Waals surface area contributed by atoms with E-state index in [0.29, 0.717) is 18.9 Å². The maximum absolute atomic E-state index is 11.3. The van der Waals surface area contributed by atoms with E-state index in [1.807, 2.05) is 13.8 Å². The molecule has 1 N–H and O–H groups in total. The topological polar surface area (TPSA) is 57.6 Å². The van der Waals surface area contributed by atoms with Crippen molar-refractivity contribution in [1.29, 1.82) is 0 Å². The molecule has 0 heterocycles. The maximum Gasteiger partial charge on any atom is 0.305 e. The summed E-state index contributed by atoms with van der Waals surface area (Å²) < 4.78 is 0. The summed E-state index contributed by atoms with van der Waals surface area (Å²) in [6.45, 7) is 4.22. The Bertz CT molecular complexity index is 189. The number of carbonyl (C=O) groups is 2. The third-order valence-electron chi connectivity index (χ3n) is 1.67. The van der Waals surface area contributed by atoms with Crippen molar-refractivity contribution in [3.8, 4) is 0 Å². The first kappa shape index (κ1) is 11.9. The minimum Gasteiger partial charge on any atom is -0.481 e. The monoisotopic (exact) mass is 187 g/mol. The molecule has 4 nitrogen and oxygen atoms in total. The van der Waals surface area contributed by atoms with Crippen molar-refractivity contribution in [2.24, 2.45) is 5.92 Å². The molecular formula is C9H17NO3. The number of amides is 1. The molecule has 0 spiro atoms. The SMILES string of the molecule is CC(C)CC(=O)N(C)CCC(=O)O. The molecule has 4 heteroatoms. The van der Waals surface area contributed by atoms with Crippen LogP contribution in [-0.4, -0.2) is 35.5 Å². The van der Waals surface area contributed by atoms with Crippen LogP contribution >= 0.6 is 0 Å². The van der Waals surface area contributed by atoms with Crippen LogP contribution in [0.5, 0.6) is 0 Å². The Balaban J connectivity index is 3.76. The van der Waals surface area contributed by atoms with Crippen LogP contribution in [0.2, 0.25) is 0 Å². The number of carbonyl (C=O) groups excluding carboxylic acids is 1. The molecular weight excluding hydrogens is 170 g/mol. The van der Waals surface area contributed by atoms with Gasteiger partial charge in [-0.25, -0.2) is 0 Å². The zero-order valence-electron chi connectivity index (χ0n) is 8.41. The molecule has 0 aromatic rings. The normalized spacial score (nSPS) is 10.2. The van der Waals surface area contributed by atoms with Crippen LogP contribution in [0, 0.1) is 5.92 Å². The van der Waals surface area contributed by atoms with Crippen molar-refractivity contribution in [3.05, 3.63) is 0 Å². The quantitative estimate of drug-likeness (QED) is 0.697. The van der Waals surface area contributed by atoms with Crippen LogP contribution in [0.3, 0.4) is 0 Å². The van der Waals surface area contributed by atoms with Gasteiger partial charge in [0.25, 0.3) is 0 Å². The zero-order valence-corrected chi connectivity index (χ0v) is 8.41. The molecule has 0 aliphatic carbocycles. The van der Waals surface area contributed by atoms with E-state index < -0.39 is 5.97 Å². The lowest BCUT2D eigenvalue weighted by atomic mass is 10.1. The van der Waals surface area contributed by atoms with E-state index in [0.717, 1.165) is 0 Å². The van der Waals surface area contributed by atoms with Gasteiger partial charge in [0.1, 0.15) is 0 Å². The standard InChI is InChI=1S/C9H17NO3/c1-7(2)6-8(11)10(3)5-4-9(12)13/h7H,4-6H2,1-3H3,(H,12,13). The highest BCUT2D eigenvalue weighted by atomic mass is 16.4. The lowest BCUT2D eigenvalue weighted by molar-refractivity contribution is -0.138. The molecule has 0 aliphatic heterocycles. The third-order valence-corrected chi connectivity index (χ3v) is 1.67. The summed E-state index contributed by atoms with van der Waals surface area (Å²) in [6, 6.07) is 0. The molecule has 0 saturated carbocycles. The van der Waals surface area contributed by atoms with Gasteiger partial charge in [-0.2, -0.15) is 0 Å². The van der Waals surface area contributed by atoms with E-state index >= 15 is 0 Å². The second-order valence-corrected chi connectivity index (χ2v) is 3.56. The lowest BCUT2D eigenvalue weighted by Crippen LogP contribution is -2.29. The number of rotatable bonds is 5. The highest BCUT2D eigenvalue weighted by Crippen LogP contribution is 2.02. The molecule has 1 amide bonds. The van der Waals surface area contributed by atoms with Gasteiger partial charge < -0.3 is 10.0 Å². The van der Waals surface area contributed by atoms with Gasteiger partial charge in [-0.05, 0) is 5.92 Å². The highest BCUT2D eigenvalue weighted by molar-refractivity contribution is 5.76. The average molecular weight is 187 g/mol. The minimum absolute atomic E-state index is 0.0104. The van der Waals surface area contributed by atoms with Crippen molar-refractivity contribution in [2.75, 3.05) is 13.6 Å². The van der Waals surface area contributed by atoms with Gasteiger partial charge >= 0.3 is 5.97 Å². The molecule has 0 radical (unpaired) electrons. The fourth-order valence-electron chi connectivity index (χ4n) is 0.893. The Hall–Kier alpha value is -1.06. The van der Waals surface area contributed by atoms with Gasteiger partial charge in [0, 0.05) is 20.0 Å². The molecule has 13 heavy (non-hydrogen) atoms. The largest absolute Gasteiger partial charge is 0.481 e. The molecule has 0 rings (SSSR count). The van der Waals surface area contributed by atoms with Crippen molar-refractivity contribution in [3.63, 3.8) is 0 Å². The number of carboxylic acid groups (broad SMARTS) is 1. The van der Waals surface area contributed by atoms with Crippen LogP contribution in [0.15, 0.2) is 0 Å². The van der Waals surface area contributed by atoms with Crippen molar-refractivity contribution in [1.82, 2.24) is 4.90 Å². The van der Waals surface area contributed by atoms with Crippen molar-refractivity contribution < 1.29 is 14.7 Å². The van der Waals surface area contributed by atoms with E-state index in [4.69, 9.17) is 5.11 Å². The molecule has 0 fully saturated rings. The summed E-state index contributed by atoms with van der Waals surface area (Å²) in [6.07, 6.45) is 0.496. The molecule has 0 unspecified atom stereocenters. The summed E-state index contributed by atoms with van der Waals surface area (Å²) in [5, 5.41) is 8.39. The van der Waals surface area contributed by atoms with Crippen LogP contribution in [-0.2, 0) is 9.59 Å². The van der Waals surface area contributed by atoms with Crippen LogP contribution < -0.4 is 0 Å². The van der Waals surface area contributed by atoms with Gasteiger partial charge in [0.2, 0.25) is 5.91 Å². The number of carboxylic acids is 1. The Kier molecular flexibility index (Phi) is 5.11. The van der Waals surface area contributed by atoms with Gasteiger partial charge in [-0.15, -0.1) is 0 Å². The van der Waals surface area contributed by atoms with E-state index in [1.165, 1.54) is 4.90 Å². The Labute approximate surface area is 78.5 Å². The van der Waals surface area contributed by atoms with Gasteiger partial charge in [0.15, 0.2) is 0 Å². The van der Waals surface area contributed by atoms with Gasteiger partial charge in [-0.1, -0.05) is 13.8 Å². The first-order chi connectivity index (χ1) is 5.93. The summed E-state index contributed by atoms with van der Waals surface area (Å²) in [7, 11) is 1.63. The number of hydrogen-bond acceptors (Lipinski definition) is 2. The minimum atomic E-state index is -0.871. The number of nitrogens with zero attached hydrogens (tertiary/aromatic N) is 1. The molecule has 0 bridgehead atoms. The van der Waals surface area contributed by atoms with Crippen molar-refractivity contribution >= 4 is 11.9 Å². The second-order valence-electron chi connectivity index (χ2n) is 3.56. The highest BCUT2D eigenvalue weighted by Gasteiger charge is 2.11. The predicted octanol–water partition coefficient (Wildman–Crippen LogP) is 0.966. The van der Waals surface area contributed by atoms with Crippen LogP contribution in [0.4, 0.5) is 0 Å². The molecule has 0 saturated heterocycles. The second kappa shape index (κ2) is 5.56. The van der Waals surface area contributed by atoms with Gasteiger partial charge in [0.05, 0.1) is 6.42 Å². The summed E-state index contributed by atoms with van der Waals surface area (Å²) in [5.41, 5.74) is 0. The van der Waals surface area contributed by atoms with Crippen molar-refractivity contribution in [2.45, 2.75) is 26.7 Å². The maximum atomic E-state index is 11.3. The van der Waals surface area contributed by atoms with E-state index in [1.54, 1.807) is 7.05 Å². The Morgan fingerprint density at radius 2 is 1.92 bits per heavy atom. The first-order valence-electron chi connectivity index (χ1n) is 4.39. The predicted molar refractivity (Wildman–Crippen MR) is 49.3 cm³/mol. The fraction of sp³-hybridized carbons (Fsp3) is 0.778. The van der Waals surface area contributed by atoms with Crippen LogP contribution in [0.25, 0.3) is 0 Å². The molecule has 0 aliphatic rings.